The molecular formula is C19H22N3O4S+. The minimum absolute atomic E-state index is 0.0573. The summed E-state index contributed by atoms with van der Waals surface area (Å²) in [5.74, 6) is -0.745. The predicted molar refractivity (Wildman–Crippen MR) is 103 cm³/mol. The number of piperazine rings is 1. The zero-order valence-corrected chi connectivity index (χ0v) is 15.9. The average molecular weight is 388 g/mol. The normalized spacial score (nSPS) is 16.5. The van der Waals surface area contributed by atoms with Crippen LogP contribution in [0.15, 0.2) is 36.4 Å². The fraction of sp³-hybridized carbons (Fsp3) is 0.316. The Labute approximate surface area is 161 Å². The number of rotatable bonds is 6. The van der Waals surface area contributed by atoms with E-state index >= 15 is 0 Å². The third-order valence-electron chi connectivity index (χ3n) is 4.15. The molecule has 0 radical (unpaired) electrons. The van der Waals surface area contributed by atoms with Crippen molar-refractivity contribution in [3.63, 3.8) is 0 Å². The molecule has 1 aromatic heterocycles. The smallest absolute Gasteiger partial charge is 0.350 e. The highest BCUT2D eigenvalue weighted by Crippen LogP contribution is 2.35. The molecule has 2 heterocycles. The van der Waals surface area contributed by atoms with E-state index in [0.717, 1.165) is 15.3 Å². The molecule has 142 valence electrons. The summed E-state index contributed by atoms with van der Waals surface area (Å²) in [6.07, 6.45) is 0. The van der Waals surface area contributed by atoms with Gasteiger partial charge in [-0.1, -0.05) is 30.3 Å². The van der Waals surface area contributed by atoms with Gasteiger partial charge in [-0.25, -0.2) is 4.79 Å². The van der Waals surface area contributed by atoms with E-state index in [1.165, 1.54) is 11.3 Å². The van der Waals surface area contributed by atoms with E-state index < -0.39 is 5.97 Å². The molecule has 1 fully saturated rings. The summed E-state index contributed by atoms with van der Waals surface area (Å²) in [5.41, 5.74) is 1.41. The van der Waals surface area contributed by atoms with Gasteiger partial charge in [-0.3, -0.25) is 9.59 Å². The van der Waals surface area contributed by atoms with Crippen LogP contribution in [0.5, 0.6) is 0 Å². The van der Waals surface area contributed by atoms with Crippen LogP contribution in [0.3, 0.4) is 0 Å². The lowest BCUT2D eigenvalue weighted by molar-refractivity contribution is -0.885. The molecule has 1 atom stereocenters. The van der Waals surface area contributed by atoms with Gasteiger partial charge in [0.05, 0.1) is 25.4 Å². The largest absolute Gasteiger partial charge is 0.462 e. The molecule has 3 N–H and O–H groups in total. The second-order valence-electron chi connectivity index (χ2n) is 6.19. The third-order valence-corrected chi connectivity index (χ3v) is 5.31. The summed E-state index contributed by atoms with van der Waals surface area (Å²) in [6.45, 7) is 3.71. The second-order valence-corrected chi connectivity index (χ2v) is 7.24. The lowest BCUT2D eigenvalue weighted by atomic mass is 10.2. The molecule has 3 rings (SSSR count). The van der Waals surface area contributed by atoms with E-state index in [2.05, 4.69) is 10.6 Å². The Bertz CT molecular complexity index is 835. The van der Waals surface area contributed by atoms with E-state index in [9.17, 15) is 14.4 Å². The highest BCUT2D eigenvalue weighted by atomic mass is 32.1. The van der Waals surface area contributed by atoms with Crippen molar-refractivity contribution in [2.45, 2.75) is 6.92 Å². The molecule has 1 aliphatic rings. The van der Waals surface area contributed by atoms with Gasteiger partial charge in [0.15, 0.2) is 13.1 Å². The van der Waals surface area contributed by atoms with Crippen LogP contribution in [0.2, 0.25) is 0 Å². The van der Waals surface area contributed by atoms with Gasteiger partial charge in [-0.2, -0.15) is 0 Å². The first-order chi connectivity index (χ1) is 13.1. The summed E-state index contributed by atoms with van der Waals surface area (Å²) in [7, 11) is 0. The number of benzene rings is 1. The number of hydrogen-bond donors (Lipinski definition) is 3. The van der Waals surface area contributed by atoms with Crippen LogP contribution < -0.4 is 15.5 Å². The number of thiophene rings is 1. The van der Waals surface area contributed by atoms with Crippen LogP contribution in [0.4, 0.5) is 5.69 Å². The summed E-state index contributed by atoms with van der Waals surface area (Å²) in [6, 6.07) is 11.4. The maximum absolute atomic E-state index is 12.5. The molecular weight excluding hydrogens is 366 g/mol. The molecule has 7 nitrogen and oxygen atoms in total. The van der Waals surface area contributed by atoms with E-state index in [1.54, 1.807) is 13.0 Å². The Balaban J connectivity index is 1.78. The van der Waals surface area contributed by atoms with E-state index in [-0.39, 0.29) is 31.5 Å². The van der Waals surface area contributed by atoms with Crippen LogP contribution >= 0.6 is 11.3 Å². The standard InChI is InChI=1S/C19H21N3O4S/c1-2-26-19(25)18-14(10-15(27-18)13-6-4-3-5-7-13)21-17(24)12-22-9-8-20-16(23)11-22/h3-7,10H,2,8-9,11-12H2,1H3,(H,20,23)(H,21,24)/p+1. The van der Waals surface area contributed by atoms with Crippen molar-refractivity contribution in [2.75, 3.05) is 38.1 Å². The van der Waals surface area contributed by atoms with Gasteiger partial charge >= 0.3 is 5.97 Å². The van der Waals surface area contributed by atoms with Gasteiger partial charge in [0.25, 0.3) is 11.8 Å². The van der Waals surface area contributed by atoms with Gasteiger partial charge < -0.3 is 20.3 Å². The van der Waals surface area contributed by atoms with Crippen molar-refractivity contribution in [1.29, 1.82) is 0 Å². The lowest BCUT2D eigenvalue weighted by Gasteiger charge is -2.22. The van der Waals surface area contributed by atoms with Crippen LogP contribution in [0.1, 0.15) is 16.6 Å². The summed E-state index contributed by atoms with van der Waals surface area (Å²) in [5, 5.41) is 5.56. The fourth-order valence-corrected chi connectivity index (χ4v) is 3.92. The van der Waals surface area contributed by atoms with Crippen molar-refractivity contribution in [3.8, 4) is 10.4 Å². The SMILES string of the molecule is CCOC(=O)c1sc(-c2ccccc2)cc1NC(=O)C[NH+]1CCNC(=O)C1. The van der Waals surface area contributed by atoms with Crippen LogP contribution in [0, 0.1) is 0 Å². The Morgan fingerprint density at radius 3 is 2.78 bits per heavy atom. The number of carbonyl (C=O) groups is 3. The summed E-state index contributed by atoms with van der Waals surface area (Å²) in [4.78, 5) is 38.4. The Morgan fingerprint density at radius 1 is 1.30 bits per heavy atom. The molecule has 0 saturated carbocycles. The molecule has 1 aromatic carbocycles. The third kappa shape index (κ3) is 4.93. The zero-order valence-electron chi connectivity index (χ0n) is 15.0. The first kappa shape index (κ1) is 19.1. The first-order valence-electron chi connectivity index (χ1n) is 8.83. The molecule has 27 heavy (non-hydrogen) atoms. The van der Waals surface area contributed by atoms with E-state index in [1.807, 2.05) is 30.3 Å². The molecule has 1 saturated heterocycles. The number of ether oxygens (including phenoxy) is 1. The van der Waals surface area contributed by atoms with Gasteiger partial charge in [0.2, 0.25) is 0 Å². The first-order valence-corrected chi connectivity index (χ1v) is 9.65. The molecule has 8 heteroatoms. The maximum Gasteiger partial charge on any atom is 0.350 e. The molecule has 0 aliphatic carbocycles. The van der Waals surface area contributed by atoms with Gasteiger partial charge in [0.1, 0.15) is 4.88 Å². The van der Waals surface area contributed by atoms with Crippen molar-refractivity contribution in [3.05, 3.63) is 41.3 Å². The number of hydrogen-bond acceptors (Lipinski definition) is 5. The number of quaternary nitrogens is 1. The lowest BCUT2D eigenvalue weighted by Crippen LogP contribution is -3.16. The van der Waals surface area contributed by atoms with Crippen LogP contribution in [0.25, 0.3) is 10.4 Å². The summed E-state index contributed by atoms with van der Waals surface area (Å²) < 4.78 is 5.13. The molecule has 2 aromatic rings. The number of amides is 2. The zero-order chi connectivity index (χ0) is 19.2. The molecule has 1 aliphatic heterocycles. The maximum atomic E-state index is 12.5. The highest BCUT2D eigenvalue weighted by Gasteiger charge is 2.24. The Hall–Kier alpha value is -2.71. The number of esters is 1. The monoisotopic (exact) mass is 388 g/mol. The van der Waals surface area contributed by atoms with Crippen molar-refractivity contribution in [2.24, 2.45) is 0 Å². The van der Waals surface area contributed by atoms with Crippen LogP contribution in [-0.4, -0.2) is 50.6 Å². The van der Waals surface area contributed by atoms with E-state index in [4.69, 9.17) is 4.74 Å². The molecule has 0 bridgehead atoms. The van der Waals surface area contributed by atoms with Crippen molar-refractivity contribution >= 4 is 34.8 Å². The minimum Gasteiger partial charge on any atom is -0.462 e. The quantitative estimate of drug-likeness (QED) is 0.631. The topological polar surface area (TPSA) is 88.9 Å². The van der Waals surface area contributed by atoms with Gasteiger partial charge in [-0.05, 0) is 18.6 Å². The molecule has 2 amide bonds. The van der Waals surface area contributed by atoms with Crippen LogP contribution in [-0.2, 0) is 14.3 Å². The minimum atomic E-state index is -0.454. The number of nitrogens with one attached hydrogen (secondary N) is 3. The fourth-order valence-electron chi connectivity index (χ4n) is 2.91. The highest BCUT2D eigenvalue weighted by molar-refractivity contribution is 7.18. The summed E-state index contributed by atoms with van der Waals surface area (Å²) >= 11 is 1.29. The van der Waals surface area contributed by atoms with Gasteiger partial charge in [-0.15, -0.1) is 11.3 Å². The van der Waals surface area contributed by atoms with E-state index in [0.29, 0.717) is 23.7 Å². The molecule has 0 spiro atoms. The van der Waals surface area contributed by atoms with Gasteiger partial charge in [0, 0.05) is 4.88 Å². The average Bonchev–Trinajstić information content (AvgIpc) is 3.06. The predicted octanol–water partition coefficient (Wildman–Crippen LogP) is 0.545. The number of anilines is 1. The number of carbonyl (C=O) groups excluding carboxylic acids is 3. The Morgan fingerprint density at radius 2 is 2.07 bits per heavy atom. The van der Waals surface area contributed by atoms with Crippen molar-refractivity contribution < 1.29 is 24.0 Å². The Kier molecular flexibility index (Phi) is 6.20. The molecule has 1 unspecified atom stereocenters. The van der Waals surface area contributed by atoms with Crippen molar-refractivity contribution in [1.82, 2.24) is 5.32 Å². The second kappa shape index (κ2) is 8.79.